The Morgan fingerprint density at radius 2 is 0.405 bits per heavy atom. The topological polar surface area (TPSA) is 0 Å². The lowest BCUT2D eigenvalue weighted by atomic mass is 9.70. The Kier molecular flexibility index (Phi) is 30.6. The molecule has 0 nitrogen and oxygen atoms in total. The standard InChI is InChI=1S/C25H16.8C2H6.CH4/c1-5-13-21-17(9-1)18-10-2-6-14-22(18)25(21)23-15-7-3-11-19(23)20-12-4-8-16-24(20)25;8*1-2;/h1-16H;8*1-2H3;1H4. The SMILES string of the molecule is C.CC.CC.CC.CC.CC.CC.CC.CC.c1ccc2c(c1)-c1ccccc1C21c2ccccc2-c2ccccc21. The van der Waals surface area contributed by atoms with Gasteiger partial charge in [0.1, 0.15) is 0 Å². The summed E-state index contributed by atoms with van der Waals surface area (Å²) in [5.74, 6) is 0. The lowest BCUT2D eigenvalue weighted by molar-refractivity contribution is 0.794. The van der Waals surface area contributed by atoms with Crippen molar-refractivity contribution in [2.24, 2.45) is 0 Å². The van der Waals surface area contributed by atoms with Crippen LogP contribution in [-0.2, 0) is 5.41 Å². The van der Waals surface area contributed by atoms with Crippen LogP contribution in [0.5, 0.6) is 0 Å². The first-order chi connectivity index (χ1) is 20.4. The number of rotatable bonds is 0. The van der Waals surface area contributed by atoms with E-state index in [1.165, 1.54) is 44.5 Å². The fourth-order valence-electron chi connectivity index (χ4n) is 5.05. The van der Waals surface area contributed by atoms with E-state index in [1.807, 2.05) is 111 Å². The molecule has 2 aliphatic rings. The molecule has 42 heavy (non-hydrogen) atoms. The summed E-state index contributed by atoms with van der Waals surface area (Å²) >= 11 is 0. The van der Waals surface area contributed by atoms with Crippen LogP contribution in [0, 0.1) is 0 Å². The van der Waals surface area contributed by atoms with Crippen LogP contribution < -0.4 is 0 Å². The summed E-state index contributed by atoms with van der Waals surface area (Å²) < 4.78 is 0. The first kappa shape index (κ1) is 45.9. The highest BCUT2D eigenvalue weighted by molar-refractivity contribution is 5.94. The Balaban J connectivity index is -0.000000373. The molecule has 0 bridgehead atoms. The summed E-state index contributed by atoms with van der Waals surface area (Å²) in [4.78, 5) is 0. The van der Waals surface area contributed by atoms with Crippen molar-refractivity contribution in [1.29, 1.82) is 0 Å². The zero-order valence-corrected chi connectivity index (χ0v) is 29.7. The molecule has 2 aliphatic carbocycles. The monoisotopic (exact) mass is 573 g/mol. The second-order valence-corrected chi connectivity index (χ2v) is 6.93. The van der Waals surface area contributed by atoms with E-state index in [4.69, 9.17) is 0 Å². The van der Waals surface area contributed by atoms with Gasteiger partial charge in [-0.3, -0.25) is 0 Å². The van der Waals surface area contributed by atoms with Gasteiger partial charge in [0.15, 0.2) is 0 Å². The molecule has 0 heterocycles. The van der Waals surface area contributed by atoms with Crippen molar-refractivity contribution >= 4 is 0 Å². The van der Waals surface area contributed by atoms with Gasteiger partial charge in [-0.05, 0) is 44.5 Å². The van der Waals surface area contributed by atoms with Gasteiger partial charge in [-0.1, -0.05) is 215 Å². The molecule has 4 aromatic carbocycles. The fourth-order valence-corrected chi connectivity index (χ4v) is 5.05. The minimum atomic E-state index is -0.180. The molecule has 0 heteroatoms. The van der Waals surface area contributed by atoms with Gasteiger partial charge in [-0.2, -0.15) is 0 Å². The molecule has 0 atom stereocenters. The van der Waals surface area contributed by atoms with Gasteiger partial charge in [0.25, 0.3) is 0 Å². The Labute approximate surface area is 264 Å². The molecule has 236 valence electrons. The van der Waals surface area contributed by atoms with E-state index < -0.39 is 0 Å². The minimum absolute atomic E-state index is 0. The minimum Gasteiger partial charge on any atom is -0.0776 e. The molecule has 4 aromatic rings. The highest BCUT2D eigenvalue weighted by Crippen LogP contribution is 2.62. The molecule has 0 amide bonds. The predicted molar refractivity (Wildman–Crippen MR) is 200 cm³/mol. The molecule has 0 fully saturated rings. The van der Waals surface area contributed by atoms with Gasteiger partial charge in [-0.15, -0.1) is 0 Å². The van der Waals surface area contributed by atoms with Crippen molar-refractivity contribution in [3.8, 4) is 22.3 Å². The summed E-state index contributed by atoms with van der Waals surface area (Å²) in [5, 5.41) is 0. The van der Waals surface area contributed by atoms with Crippen molar-refractivity contribution in [2.75, 3.05) is 0 Å². The Hall–Kier alpha value is -3.12. The molecule has 0 N–H and O–H groups in total. The molecule has 0 saturated carbocycles. The summed E-state index contributed by atoms with van der Waals surface area (Å²) in [6, 6.07) is 35.7. The molecule has 0 aliphatic heterocycles. The Bertz CT molecular complexity index is 962. The van der Waals surface area contributed by atoms with E-state index >= 15 is 0 Å². The van der Waals surface area contributed by atoms with Crippen molar-refractivity contribution in [2.45, 2.75) is 124 Å². The number of benzene rings is 4. The predicted octanol–water partition coefficient (Wildman–Crippen LogP) is 14.9. The maximum Gasteiger partial charge on any atom is 0.0725 e. The van der Waals surface area contributed by atoms with Gasteiger partial charge < -0.3 is 0 Å². The summed E-state index contributed by atoms with van der Waals surface area (Å²) in [6.45, 7) is 32.0. The van der Waals surface area contributed by atoms with E-state index in [0.717, 1.165) is 0 Å². The van der Waals surface area contributed by atoms with Crippen LogP contribution in [-0.4, -0.2) is 0 Å². The summed E-state index contributed by atoms with van der Waals surface area (Å²) in [7, 11) is 0. The molecular weight excluding hydrogens is 504 g/mol. The van der Waals surface area contributed by atoms with E-state index in [-0.39, 0.29) is 12.8 Å². The normalized spacial score (nSPS) is 9.90. The maximum atomic E-state index is 2.31. The molecule has 0 radical (unpaired) electrons. The lowest BCUT2D eigenvalue weighted by Crippen LogP contribution is -2.25. The third kappa shape index (κ3) is 8.94. The third-order valence-corrected chi connectivity index (χ3v) is 5.90. The zero-order valence-electron chi connectivity index (χ0n) is 29.7. The molecule has 0 saturated heterocycles. The van der Waals surface area contributed by atoms with Gasteiger partial charge >= 0.3 is 0 Å². The van der Waals surface area contributed by atoms with E-state index in [9.17, 15) is 0 Å². The molecule has 1 spiro atoms. The van der Waals surface area contributed by atoms with Crippen molar-refractivity contribution in [3.05, 3.63) is 119 Å². The van der Waals surface area contributed by atoms with Crippen LogP contribution in [0.15, 0.2) is 97.1 Å². The van der Waals surface area contributed by atoms with Crippen LogP contribution in [0.3, 0.4) is 0 Å². The smallest absolute Gasteiger partial charge is 0.0725 e. The number of fused-ring (bicyclic) bond motifs is 10. The van der Waals surface area contributed by atoms with Crippen LogP contribution in [0.25, 0.3) is 22.3 Å². The molecule has 0 unspecified atom stereocenters. The van der Waals surface area contributed by atoms with Crippen molar-refractivity contribution in [1.82, 2.24) is 0 Å². The molecule has 0 aromatic heterocycles. The van der Waals surface area contributed by atoms with Crippen LogP contribution in [0.4, 0.5) is 0 Å². The van der Waals surface area contributed by atoms with Gasteiger partial charge in [0.05, 0.1) is 5.41 Å². The van der Waals surface area contributed by atoms with Crippen LogP contribution >= 0.6 is 0 Å². The van der Waals surface area contributed by atoms with E-state index in [2.05, 4.69) is 97.1 Å². The third-order valence-electron chi connectivity index (χ3n) is 5.90. The van der Waals surface area contributed by atoms with Crippen LogP contribution in [0.1, 0.15) is 140 Å². The number of hydrogen-bond donors (Lipinski definition) is 0. The second-order valence-electron chi connectivity index (χ2n) is 6.93. The largest absolute Gasteiger partial charge is 0.0776 e. The van der Waals surface area contributed by atoms with E-state index in [0.29, 0.717) is 0 Å². The van der Waals surface area contributed by atoms with Gasteiger partial charge in [-0.25, -0.2) is 0 Å². The second kappa shape index (κ2) is 28.0. The van der Waals surface area contributed by atoms with Crippen molar-refractivity contribution < 1.29 is 0 Å². The van der Waals surface area contributed by atoms with E-state index in [1.54, 1.807) is 0 Å². The van der Waals surface area contributed by atoms with Crippen molar-refractivity contribution in [3.63, 3.8) is 0 Å². The van der Waals surface area contributed by atoms with Crippen LogP contribution in [0.2, 0.25) is 0 Å². The summed E-state index contributed by atoms with van der Waals surface area (Å²) in [5.41, 5.74) is 10.9. The molecule has 6 rings (SSSR count). The summed E-state index contributed by atoms with van der Waals surface area (Å²) in [6.07, 6.45) is 0. The molecular formula is C42H68. The average molecular weight is 573 g/mol. The first-order valence-corrected chi connectivity index (χ1v) is 16.8. The average Bonchev–Trinajstić information content (AvgIpc) is 3.59. The highest BCUT2D eigenvalue weighted by atomic mass is 14.5. The number of hydrogen-bond acceptors (Lipinski definition) is 0. The zero-order chi connectivity index (χ0) is 32.4. The maximum absolute atomic E-state index is 2.31. The Morgan fingerprint density at radius 1 is 0.262 bits per heavy atom. The Morgan fingerprint density at radius 3 is 0.571 bits per heavy atom. The van der Waals surface area contributed by atoms with Gasteiger partial charge in [0, 0.05) is 0 Å². The quantitative estimate of drug-likeness (QED) is 0.170. The first-order valence-electron chi connectivity index (χ1n) is 16.8. The fraction of sp³-hybridized carbons (Fsp3) is 0.429. The van der Waals surface area contributed by atoms with Gasteiger partial charge in [0.2, 0.25) is 0 Å². The lowest BCUT2D eigenvalue weighted by Gasteiger charge is -2.30. The highest BCUT2D eigenvalue weighted by Gasteiger charge is 2.51.